The number of carbonyl (C=O) groups excluding carboxylic acids is 2. The zero-order valence-electron chi connectivity index (χ0n) is 18.4. The van der Waals surface area contributed by atoms with Crippen molar-refractivity contribution in [2.75, 3.05) is 13.1 Å². The SMILES string of the molecule is N[C@H]1CC[C@H](C(=O)N2CCC(NC(=O)c3cc(C4CC4)on3)C(c3ccccc3)C2)CC1. The molecule has 2 unspecified atom stereocenters. The van der Waals surface area contributed by atoms with Crippen LogP contribution in [0.3, 0.4) is 0 Å². The van der Waals surface area contributed by atoms with E-state index in [2.05, 4.69) is 22.6 Å². The molecule has 5 rings (SSSR count). The summed E-state index contributed by atoms with van der Waals surface area (Å²) in [4.78, 5) is 28.2. The number of benzene rings is 1. The lowest BCUT2D eigenvalue weighted by atomic mass is 9.82. The van der Waals surface area contributed by atoms with Gasteiger partial charge in [0.05, 0.1) is 0 Å². The number of nitrogens with one attached hydrogen (secondary N) is 1. The van der Waals surface area contributed by atoms with Crippen molar-refractivity contribution >= 4 is 11.8 Å². The van der Waals surface area contributed by atoms with Gasteiger partial charge < -0.3 is 20.5 Å². The molecule has 1 aromatic carbocycles. The summed E-state index contributed by atoms with van der Waals surface area (Å²) >= 11 is 0. The number of rotatable bonds is 5. The molecule has 7 nitrogen and oxygen atoms in total. The third-order valence-corrected chi connectivity index (χ3v) is 7.33. The topological polar surface area (TPSA) is 101 Å². The van der Waals surface area contributed by atoms with E-state index >= 15 is 0 Å². The van der Waals surface area contributed by atoms with E-state index in [9.17, 15) is 9.59 Å². The summed E-state index contributed by atoms with van der Waals surface area (Å²) in [6, 6.07) is 12.1. The second-order valence-corrected chi connectivity index (χ2v) is 9.67. The van der Waals surface area contributed by atoms with Crippen molar-refractivity contribution in [2.24, 2.45) is 11.7 Å². The largest absolute Gasteiger partial charge is 0.360 e. The highest BCUT2D eigenvalue weighted by Gasteiger charge is 2.37. The molecule has 2 heterocycles. The predicted octanol–water partition coefficient (Wildman–Crippen LogP) is 3.18. The zero-order chi connectivity index (χ0) is 22.1. The normalized spacial score (nSPS) is 28.3. The second-order valence-electron chi connectivity index (χ2n) is 9.67. The Morgan fingerprint density at radius 3 is 2.50 bits per heavy atom. The number of likely N-dealkylation sites (tertiary alicyclic amines) is 1. The maximum atomic E-state index is 13.2. The molecule has 2 amide bonds. The van der Waals surface area contributed by atoms with Crippen molar-refractivity contribution in [1.82, 2.24) is 15.4 Å². The second kappa shape index (κ2) is 9.06. The van der Waals surface area contributed by atoms with Crippen LogP contribution in [0.25, 0.3) is 0 Å². The lowest BCUT2D eigenvalue weighted by Gasteiger charge is -2.41. The molecule has 3 aliphatic rings. The Balaban J connectivity index is 1.29. The first-order chi connectivity index (χ1) is 15.6. The first kappa shape index (κ1) is 21.2. The van der Waals surface area contributed by atoms with E-state index in [1.165, 1.54) is 0 Å². The number of hydrogen-bond acceptors (Lipinski definition) is 5. The first-order valence-corrected chi connectivity index (χ1v) is 12.0. The van der Waals surface area contributed by atoms with Crippen LogP contribution in [0.15, 0.2) is 40.9 Å². The lowest BCUT2D eigenvalue weighted by Crippen LogP contribution is -2.52. The smallest absolute Gasteiger partial charge is 0.273 e. The summed E-state index contributed by atoms with van der Waals surface area (Å²) < 4.78 is 5.36. The zero-order valence-corrected chi connectivity index (χ0v) is 18.4. The molecule has 7 heteroatoms. The first-order valence-electron chi connectivity index (χ1n) is 12.0. The van der Waals surface area contributed by atoms with Crippen LogP contribution in [-0.4, -0.2) is 47.0 Å². The van der Waals surface area contributed by atoms with Crippen LogP contribution < -0.4 is 11.1 Å². The Bertz CT molecular complexity index is 947. The summed E-state index contributed by atoms with van der Waals surface area (Å²) in [6.45, 7) is 1.27. The standard InChI is InChI=1S/C25H32N4O3/c26-19-10-8-18(9-11-19)25(31)29-13-12-21(20(15-29)16-4-2-1-3-5-16)27-24(30)22-14-23(32-28-22)17-6-7-17/h1-5,14,17-21H,6-13,15,26H2,(H,27,30)/t18-,19-,20?,21?. The Morgan fingerprint density at radius 1 is 1.03 bits per heavy atom. The van der Waals surface area contributed by atoms with Gasteiger partial charge in [0.25, 0.3) is 5.91 Å². The molecule has 0 bridgehead atoms. The highest BCUT2D eigenvalue weighted by Crippen LogP contribution is 2.40. The highest BCUT2D eigenvalue weighted by atomic mass is 16.5. The van der Waals surface area contributed by atoms with E-state index < -0.39 is 0 Å². The Labute approximate surface area is 188 Å². The minimum atomic E-state index is -0.201. The van der Waals surface area contributed by atoms with Crippen molar-refractivity contribution in [3.63, 3.8) is 0 Å². The van der Waals surface area contributed by atoms with Gasteiger partial charge in [0.15, 0.2) is 5.69 Å². The molecule has 2 saturated carbocycles. The Kier molecular flexibility index (Phi) is 6.00. The minimum Gasteiger partial charge on any atom is -0.360 e. The van der Waals surface area contributed by atoms with Gasteiger partial charge in [-0.25, -0.2) is 0 Å². The third kappa shape index (κ3) is 4.58. The third-order valence-electron chi connectivity index (χ3n) is 7.33. The quantitative estimate of drug-likeness (QED) is 0.750. The van der Waals surface area contributed by atoms with Crippen molar-refractivity contribution in [3.05, 3.63) is 53.4 Å². The average Bonchev–Trinajstić information content (AvgIpc) is 3.56. The van der Waals surface area contributed by atoms with Crippen molar-refractivity contribution < 1.29 is 14.1 Å². The number of amides is 2. The number of nitrogens with two attached hydrogens (primary N) is 1. The summed E-state index contributed by atoms with van der Waals surface area (Å²) in [6.07, 6.45) is 6.52. The fraction of sp³-hybridized carbons (Fsp3) is 0.560. The fourth-order valence-corrected chi connectivity index (χ4v) is 5.19. The monoisotopic (exact) mass is 436 g/mol. The predicted molar refractivity (Wildman–Crippen MR) is 120 cm³/mol. The van der Waals surface area contributed by atoms with E-state index in [-0.39, 0.29) is 35.7 Å². The van der Waals surface area contributed by atoms with Gasteiger partial charge in [-0.1, -0.05) is 35.5 Å². The molecule has 1 aromatic heterocycles. The maximum absolute atomic E-state index is 13.2. The molecule has 170 valence electrons. The number of aromatic nitrogens is 1. The molecule has 32 heavy (non-hydrogen) atoms. The van der Waals surface area contributed by atoms with Gasteiger partial charge in [0, 0.05) is 49.0 Å². The summed E-state index contributed by atoms with van der Waals surface area (Å²) in [5.74, 6) is 1.39. The molecule has 0 radical (unpaired) electrons. The van der Waals surface area contributed by atoms with Crippen molar-refractivity contribution in [2.45, 2.75) is 68.9 Å². The van der Waals surface area contributed by atoms with Crippen molar-refractivity contribution in [1.29, 1.82) is 0 Å². The summed E-state index contributed by atoms with van der Waals surface area (Å²) in [5, 5.41) is 7.17. The molecule has 3 N–H and O–H groups in total. The van der Waals surface area contributed by atoms with Gasteiger partial charge in [-0.2, -0.15) is 0 Å². The summed E-state index contributed by atoms with van der Waals surface area (Å²) in [7, 11) is 0. The van der Waals surface area contributed by atoms with Crippen LogP contribution >= 0.6 is 0 Å². The fourth-order valence-electron chi connectivity index (χ4n) is 5.19. The van der Waals surface area contributed by atoms with Gasteiger partial charge in [-0.05, 0) is 50.5 Å². The lowest BCUT2D eigenvalue weighted by molar-refractivity contribution is -0.138. The molecule has 2 aliphatic carbocycles. The van der Waals surface area contributed by atoms with E-state index in [1.807, 2.05) is 23.1 Å². The van der Waals surface area contributed by atoms with Crippen LogP contribution in [0, 0.1) is 5.92 Å². The van der Waals surface area contributed by atoms with E-state index in [0.29, 0.717) is 24.7 Å². The number of nitrogens with zero attached hydrogens (tertiary/aromatic N) is 2. The van der Waals surface area contributed by atoms with E-state index in [4.69, 9.17) is 10.3 Å². The van der Waals surface area contributed by atoms with Gasteiger partial charge in [0.2, 0.25) is 5.91 Å². The average molecular weight is 437 g/mol. The minimum absolute atomic E-state index is 0.0403. The van der Waals surface area contributed by atoms with Gasteiger partial charge in [-0.15, -0.1) is 0 Å². The Hall–Kier alpha value is -2.67. The van der Waals surface area contributed by atoms with Crippen LogP contribution in [0.4, 0.5) is 0 Å². The van der Waals surface area contributed by atoms with Gasteiger partial charge >= 0.3 is 0 Å². The molecule has 2 aromatic rings. The van der Waals surface area contributed by atoms with Crippen LogP contribution in [0.5, 0.6) is 0 Å². The Morgan fingerprint density at radius 2 is 1.78 bits per heavy atom. The molecular weight excluding hydrogens is 404 g/mol. The van der Waals surface area contributed by atoms with E-state index in [1.54, 1.807) is 6.07 Å². The van der Waals surface area contributed by atoms with Gasteiger partial charge in [-0.3, -0.25) is 9.59 Å². The van der Waals surface area contributed by atoms with Crippen molar-refractivity contribution in [3.8, 4) is 0 Å². The van der Waals surface area contributed by atoms with Gasteiger partial charge in [0.1, 0.15) is 5.76 Å². The molecule has 0 spiro atoms. The number of carbonyl (C=O) groups is 2. The molecule has 1 saturated heterocycles. The van der Waals surface area contributed by atoms with Crippen LogP contribution in [0.2, 0.25) is 0 Å². The molecule has 2 atom stereocenters. The van der Waals surface area contributed by atoms with Crippen LogP contribution in [0.1, 0.15) is 78.6 Å². The molecular formula is C25H32N4O3. The maximum Gasteiger partial charge on any atom is 0.273 e. The number of piperidine rings is 1. The van der Waals surface area contributed by atoms with Crippen LogP contribution in [-0.2, 0) is 4.79 Å². The highest BCUT2D eigenvalue weighted by molar-refractivity contribution is 5.92. The van der Waals surface area contributed by atoms with E-state index in [0.717, 1.165) is 56.3 Å². The molecule has 1 aliphatic heterocycles. The number of hydrogen-bond donors (Lipinski definition) is 2. The summed E-state index contributed by atoms with van der Waals surface area (Å²) in [5.41, 5.74) is 7.51. The molecule has 3 fully saturated rings.